The number of benzene rings is 2. The number of hydrogen-bond donors (Lipinski definition) is 1. The minimum absolute atomic E-state index is 0.176. The molecule has 1 N–H and O–H groups in total. The number of ether oxygens (including phenoxy) is 3. The van der Waals surface area contributed by atoms with E-state index in [0.717, 1.165) is 22.6 Å². The molecule has 10 nitrogen and oxygen atoms in total. The van der Waals surface area contributed by atoms with Crippen molar-refractivity contribution in [2.75, 3.05) is 26.2 Å². The van der Waals surface area contributed by atoms with E-state index < -0.39 is 0 Å². The first-order valence-corrected chi connectivity index (χ1v) is 12.4. The highest BCUT2D eigenvalue weighted by Gasteiger charge is 2.23. The van der Waals surface area contributed by atoms with Crippen LogP contribution in [0.2, 0.25) is 0 Å². The number of carbonyl (C=O) groups is 1. The summed E-state index contributed by atoms with van der Waals surface area (Å²) in [5.41, 5.74) is 2.74. The van der Waals surface area contributed by atoms with Crippen LogP contribution in [0.5, 0.6) is 17.4 Å². The summed E-state index contributed by atoms with van der Waals surface area (Å²) in [4.78, 5) is 19.7. The first-order valence-electron chi connectivity index (χ1n) is 12.4. The Hall–Kier alpha value is -4.86. The smallest absolute Gasteiger partial charge is 0.215 e. The standard InChI is InChI=1S/C29H31N5O5/c1-5-23(35)17-26(36)28-29(32-34(31-28)22-14-15-30-27(16-22)39-4)33(18-20-6-10-24(37-2)11-7-20)19-21-8-12-25(38-3)13-9-21/h6-17,36H,5,18-19H2,1-4H3/b26-17-. The van der Waals surface area contributed by atoms with Gasteiger partial charge in [-0.3, -0.25) is 4.79 Å². The first kappa shape index (κ1) is 27.2. The zero-order valence-electron chi connectivity index (χ0n) is 22.4. The lowest BCUT2D eigenvalue weighted by Gasteiger charge is -2.23. The van der Waals surface area contributed by atoms with Crippen LogP contribution in [-0.4, -0.2) is 52.2 Å². The van der Waals surface area contributed by atoms with E-state index in [4.69, 9.17) is 19.3 Å². The molecule has 0 radical (unpaired) electrons. The van der Waals surface area contributed by atoms with Gasteiger partial charge in [0, 0.05) is 37.8 Å². The van der Waals surface area contributed by atoms with E-state index in [-0.39, 0.29) is 23.7 Å². The quantitative estimate of drug-likeness (QED) is 0.205. The summed E-state index contributed by atoms with van der Waals surface area (Å²) in [7, 11) is 4.77. The van der Waals surface area contributed by atoms with Crippen LogP contribution in [0, 0.1) is 0 Å². The fourth-order valence-electron chi connectivity index (χ4n) is 3.86. The third kappa shape index (κ3) is 6.72. The molecule has 0 atom stereocenters. The average Bonchev–Trinajstić information content (AvgIpc) is 3.43. The maximum atomic E-state index is 12.2. The number of methoxy groups -OCH3 is 3. The molecule has 202 valence electrons. The summed E-state index contributed by atoms with van der Waals surface area (Å²) in [6, 6.07) is 18.8. The lowest BCUT2D eigenvalue weighted by atomic mass is 10.1. The van der Waals surface area contributed by atoms with Crippen molar-refractivity contribution in [3.8, 4) is 23.1 Å². The van der Waals surface area contributed by atoms with Crippen molar-refractivity contribution in [1.29, 1.82) is 0 Å². The second kappa shape index (κ2) is 12.6. The van der Waals surface area contributed by atoms with Gasteiger partial charge in [0.15, 0.2) is 23.1 Å². The van der Waals surface area contributed by atoms with E-state index in [2.05, 4.69) is 10.1 Å². The fraction of sp³-hybridized carbons (Fsp3) is 0.241. The number of nitrogens with zero attached hydrogens (tertiary/aromatic N) is 5. The highest BCUT2D eigenvalue weighted by Crippen LogP contribution is 2.28. The van der Waals surface area contributed by atoms with Gasteiger partial charge in [0.25, 0.3) is 0 Å². The number of ketones is 1. The van der Waals surface area contributed by atoms with Crippen LogP contribution in [0.25, 0.3) is 11.4 Å². The van der Waals surface area contributed by atoms with Crippen molar-refractivity contribution in [2.24, 2.45) is 0 Å². The fourth-order valence-corrected chi connectivity index (χ4v) is 3.86. The normalized spacial score (nSPS) is 11.2. The van der Waals surface area contributed by atoms with Gasteiger partial charge >= 0.3 is 0 Å². The lowest BCUT2D eigenvalue weighted by molar-refractivity contribution is -0.114. The second-order valence-corrected chi connectivity index (χ2v) is 8.62. The Morgan fingerprint density at radius 1 is 0.897 bits per heavy atom. The van der Waals surface area contributed by atoms with Gasteiger partial charge in [-0.2, -0.15) is 0 Å². The predicted octanol–water partition coefficient (Wildman–Crippen LogP) is 4.77. The van der Waals surface area contributed by atoms with Crippen LogP contribution in [0.4, 0.5) is 5.82 Å². The number of aliphatic hydroxyl groups excluding tert-OH is 1. The molecule has 2 aromatic heterocycles. The van der Waals surface area contributed by atoms with Crippen LogP contribution in [0.15, 0.2) is 72.9 Å². The van der Waals surface area contributed by atoms with Gasteiger partial charge in [-0.15, -0.1) is 15.0 Å². The Labute approximate surface area is 227 Å². The van der Waals surface area contributed by atoms with Crippen molar-refractivity contribution in [3.05, 3.63) is 89.8 Å². The zero-order valence-corrected chi connectivity index (χ0v) is 22.4. The van der Waals surface area contributed by atoms with Gasteiger partial charge in [-0.05, 0) is 41.5 Å². The van der Waals surface area contributed by atoms with E-state index in [9.17, 15) is 9.90 Å². The van der Waals surface area contributed by atoms with E-state index in [1.165, 1.54) is 18.0 Å². The summed E-state index contributed by atoms with van der Waals surface area (Å²) in [5, 5.41) is 20.3. The Morgan fingerprint density at radius 2 is 1.49 bits per heavy atom. The molecule has 0 spiro atoms. The van der Waals surface area contributed by atoms with E-state index >= 15 is 0 Å². The summed E-state index contributed by atoms with van der Waals surface area (Å²) in [5.74, 6) is 1.79. The van der Waals surface area contributed by atoms with E-state index in [1.54, 1.807) is 39.5 Å². The SMILES string of the molecule is CCC(=O)/C=C(\O)c1nn(-c2ccnc(OC)c2)nc1N(Cc1ccc(OC)cc1)Cc1ccc(OC)cc1. The molecule has 0 fully saturated rings. The number of aromatic nitrogens is 4. The van der Waals surface area contributed by atoms with E-state index in [1.807, 2.05) is 53.4 Å². The minimum Gasteiger partial charge on any atom is -0.505 e. The van der Waals surface area contributed by atoms with Crippen LogP contribution in [-0.2, 0) is 17.9 Å². The second-order valence-electron chi connectivity index (χ2n) is 8.62. The van der Waals surface area contributed by atoms with Crippen molar-refractivity contribution >= 4 is 17.4 Å². The average molecular weight is 530 g/mol. The predicted molar refractivity (Wildman–Crippen MR) is 147 cm³/mol. The third-order valence-corrected chi connectivity index (χ3v) is 6.01. The number of carbonyl (C=O) groups excluding carboxylic acids is 1. The van der Waals surface area contributed by atoms with Crippen molar-refractivity contribution in [1.82, 2.24) is 20.0 Å². The highest BCUT2D eigenvalue weighted by molar-refractivity contribution is 5.95. The van der Waals surface area contributed by atoms with Gasteiger partial charge in [0.1, 0.15) is 11.5 Å². The molecular formula is C29H31N5O5. The number of allylic oxidation sites excluding steroid dienone is 1. The summed E-state index contributed by atoms with van der Waals surface area (Å²) in [6.45, 7) is 2.61. The molecule has 4 rings (SSSR count). The zero-order chi connectivity index (χ0) is 27.8. The molecule has 39 heavy (non-hydrogen) atoms. The number of hydrogen-bond acceptors (Lipinski definition) is 9. The van der Waals surface area contributed by atoms with Crippen LogP contribution >= 0.6 is 0 Å². The number of aliphatic hydroxyl groups is 1. The maximum Gasteiger partial charge on any atom is 0.215 e. The maximum absolute atomic E-state index is 12.2. The molecule has 0 aliphatic rings. The molecule has 10 heteroatoms. The lowest BCUT2D eigenvalue weighted by Crippen LogP contribution is -2.24. The molecular weight excluding hydrogens is 498 g/mol. The molecule has 0 aliphatic heterocycles. The Bertz CT molecular complexity index is 1380. The minimum atomic E-state index is -0.265. The molecule has 0 amide bonds. The van der Waals surface area contributed by atoms with Crippen LogP contribution in [0.3, 0.4) is 0 Å². The topological polar surface area (TPSA) is 112 Å². The Morgan fingerprint density at radius 3 is 2.00 bits per heavy atom. The molecule has 0 aliphatic carbocycles. The Balaban J connectivity index is 1.82. The highest BCUT2D eigenvalue weighted by atomic mass is 16.5. The molecule has 0 saturated carbocycles. The largest absolute Gasteiger partial charge is 0.505 e. The van der Waals surface area contributed by atoms with Crippen LogP contribution < -0.4 is 19.1 Å². The van der Waals surface area contributed by atoms with Crippen molar-refractivity contribution in [2.45, 2.75) is 26.4 Å². The summed E-state index contributed by atoms with van der Waals surface area (Å²) in [6.07, 6.45) is 3.01. The van der Waals surface area contributed by atoms with E-state index in [0.29, 0.717) is 30.5 Å². The van der Waals surface area contributed by atoms with Gasteiger partial charge in [0.05, 0.1) is 27.0 Å². The molecule has 2 heterocycles. The van der Waals surface area contributed by atoms with Crippen molar-refractivity contribution < 1.29 is 24.1 Å². The monoisotopic (exact) mass is 529 g/mol. The molecule has 4 aromatic rings. The van der Waals surface area contributed by atoms with Crippen LogP contribution in [0.1, 0.15) is 30.2 Å². The molecule has 2 aromatic carbocycles. The molecule has 0 unspecified atom stereocenters. The van der Waals surface area contributed by atoms with Gasteiger partial charge in [-0.25, -0.2) is 4.98 Å². The van der Waals surface area contributed by atoms with Gasteiger partial charge in [0.2, 0.25) is 5.88 Å². The number of rotatable bonds is 12. The Kier molecular flexibility index (Phi) is 8.78. The number of anilines is 1. The van der Waals surface area contributed by atoms with Gasteiger partial charge in [-0.1, -0.05) is 31.2 Å². The van der Waals surface area contributed by atoms with Gasteiger partial charge < -0.3 is 24.2 Å². The third-order valence-electron chi connectivity index (χ3n) is 6.01. The molecule has 0 saturated heterocycles. The number of pyridine rings is 1. The van der Waals surface area contributed by atoms with Crippen molar-refractivity contribution in [3.63, 3.8) is 0 Å². The summed E-state index contributed by atoms with van der Waals surface area (Å²) < 4.78 is 15.9. The first-order chi connectivity index (χ1) is 18.9. The summed E-state index contributed by atoms with van der Waals surface area (Å²) >= 11 is 0. The molecule has 0 bridgehead atoms.